The average Bonchev–Trinajstić information content (AvgIpc) is 2.66. The Kier molecular flexibility index (Phi) is 10.9. The Labute approximate surface area is 155 Å². The maximum Gasteiger partial charge on any atom is 0.307 e. The normalized spacial score (nSPS) is 10.3. The molecular weight excluding hydrogens is 338 g/mol. The standard InChI is InChI=1S/C19H29NO6/c1-4-24-14-8-12-20(13-11-19(22)25-5-2)18(21)15-26-17-10-7-6-9-16(17)23-3/h6-7,9-10H,4-5,8,11-15H2,1-3H3. The van der Waals surface area contributed by atoms with Gasteiger partial charge < -0.3 is 23.8 Å². The molecule has 7 nitrogen and oxygen atoms in total. The monoisotopic (exact) mass is 367 g/mol. The van der Waals surface area contributed by atoms with Crippen LogP contribution in [0.1, 0.15) is 26.7 Å². The summed E-state index contributed by atoms with van der Waals surface area (Å²) < 4.78 is 21.0. The molecule has 1 rings (SSSR count). The lowest BCUT2D eigenvalue weighted by molar-refractivity contribution is -0.144. The number of amides is 1. The van der Waals surface area contributed by atoms with Gasteiger partial charge in [0.1, 0.15) is 0 Å². The van der Waals surface area contributed by atoms with Crippen LogP contribution in [0.2, 0.25) is 0 Å². The zero-order valence-corrected chi connectivity index (χ0v) is 15.9. The van der Waals surface area contributed by atoms with Gasteiger partial charge in [0.05, 0.1) is 20.1 Å². The zero-order chi connectivity index (χ0) is 19.2. The van der Waals surface area contributed by atoms with Gasteiger partial charge in [-0.2, -0.15) is 0 Å². The number of hydrogen-bond donors (Lipinski definition) is 0. The molecule has 1 aromatic carbocycles. The van der Waals surface area contributed by atoms with E-state index in [1.165, 1.54) is 0 Å². The molecule has 0 bridgehead atoms. The Morgan fingerprint density at radius 2 is 1.77 bits per heavy atom. The van der Waals surface area contributed by atoms with Gasteiger partial charge in [0.25, 0.3) is 5.91 Å². The van der Waals surface area contributed by atoms with Crippen LogP contribution in [0.3, 0.4) is 0 Å². The largest absolute Gasteiger partial charge is 0.493 e. The van der Waals surface area contributed by atoms with Crippen molar-refractivity contribution >= 4 is 11.9 Å². The van der Waals surface area contributed by atoms with Gasteiger partial charge in [-0.1, -0.05) is 12.1 Å². The Balaban J connectivity index is 2.58. The van der Waals surface area contributed by atoms with E-state index in [1.54, 1.807) is 31.1 Å². The van der Waals surface area contributed by atoms with Crippen molar-refractivity contribution in [2.45, 2.75) is 26.7 Å². The molecule has 0 aliphatic rings. The first kappa shape index (κ1) is 21.8. The lowest BCUT2D eigenvalue weighted by Crippen LogP contribution is -2.37. The van der Waals surface area contributed by atoms with Crippen molar-refractivity contribution in [2.24, 2.45) is 0 Å². The lowest BCUT2D eigenvalue weighted by Gasteiger charge is -2.22. The van der Waals surface area contributed by atoms with Crippen LogP contribution in [0.5, 0.6) is 11.5 Å². The summed E-state index contributed by atoms with van der Waals surface area (Å²) in [6.45, 7) is 5.86. The summed E-state index contributed by atoms with van der Waals surface area (Å²) in [7, 11) is 1.55. The molecule has 0 heterocycles. The Bertz CT molecular complexity index is 549. The first-order valence-electron chi connectivity index (χ1n) is 8.89. The van der Waals surface area contributed by atoms with Gasteiger partial charge in [0, 0.05) is 26.3 Å². The SMILES string of the molecule is CCOCCCN(CCC(=O)OCC)C(=O)COc1ccccc1OC. The molecular formula is C19H29NO6. The number of rotatable bonds is 13. The molecule has 0 atom stereocenters. The Morgan fingerprint density at radius 1 is 1.04 bits per heavy atom. The predicted molar refractivity (Wildman–Crippen MR) is 97.4 cm³/mol. The van der Waals surface area contributed by atoms with Crippen molar-refractivity contribution < 1.29 is 28.5 Å². The molecule has 0 unspecified atom stereocenters. The number of methoxy groups -OCH3 is 1. The van der Waals surface area contributed by atoms with Gasteiger partial charge in [0.15, 0.2) is 18.1 Å². The minimum atomic E-state index is -0.319. The molecule has 1 aromatic rings. The van der Waals surface area contributed by atoms with Crippen molar-refractivity contribution in [3.05, 3.63) is 24.3 Å². The molecule has 0 aliphatic carbocycles. The number of ether oxygens (including phenoxy) is 4. The topological polar surface area (TPSA) is 74.3 Å². The molecule has 0 N–H and O–H groups in total. The number of hydrogen-bond acceptors (Lipinski definition) is 6. The third-order valence-electron chi connectivity index (χ3n) is 3.58. The number of carbonyl (C=O) groups is 2. The van der Waals surface area contributed by atoms with Crippen molar-refractivity contribution in [2.75, 3.05) is 46.6 Å². The van der Waals surface area contributed by atoms with E-state index in [0.29, 0.717) is 50.8 Å². The Morgan fingerprint density at radius 3 is 2.42 bits per heavy atom. The van der Waals surface area contributed by atoms with E-state index >= 15 is 0 Å². The summed E-state index contributed by atoms with van der Waals surface area (Å²) in [5.41, 5.74) is 0. The second kappa shape index (κ2) is 13.0. The van der Waals surface area contributed by atoms with E-state index in [9.17, 15) is 9.59 Å². The molecule has 0 saturated heterocycles. The van der Waals surface area contributed by atoms with Crippen molar-refractivity contribution in [1.29, 1.82) is 0 Å². The maximum atomic E-state index is 12.5. The third kappa shape index (κ3) is 8.20. The second-order valence-electron chi connectivity index (χ2n) is 5.43. The number of benzene rings is 1. The average molecular weight is 367 g/mol. The summed E-state index contributed by atoms with van der Waals surface area (Å²) in [6.07, 6.45) is 0.847. The van der Waals surface area contributed by atoms with Crippen LogP contribution in [-0.2, 0) is 19.1 Å². The van der Waals surface area contributed by atoms with E-state index in [4.69, 9.17) is 18.9 Å². The lowest BCUT2D eigenvalue weighted by atomic mass is 10.3. The van der Waals surface area contributed by atoms with Crippen LogP contribution in [0.4, 0.5) is 0 Å². The second-order valence-corrected chi connectivity index (χ2v) is 5.43. The third-order valence-corrected chi connectivity index (χ3v) is 3.58. The summed E-state index contributed by atoms with van der Waals surface area (Å²) in [5, 5.41) is 0. The fourth-order valence-corrected chi connectivity index (χ4v) is 2.29. The predicted octanol–water partition coefficient (Wildman–Crippen LogP) is 2.28. The van der Waals surface area contributed by atoms with Gasteiger partial charge >= 0.3 is 5.97 Å². The smallest absolute Gasteiger partial charge is 0.307 e. The first-order chi connectivity index (χ1) is 12.6. The highest BCUT2D eigenvalue weighted by Gasteiger charge is 2.17. The fourth-order valence-electron chi connectivity index (χ4n) is 2.29. The summed E-state index contributed by atoms with van der Waals surface area (Å²) >= 11 is 0. The first-order valence-corrected chi connectivity index (χ1v) is 8.89. The molecule has 0 aliphatic heterocycles. The highest BCUT2D eigenvalue weighted by Crippen LogP contribution is 2.25. The highest BCUT2D eigenvalue weighted by atomic mass is 16.5. The van der Waals surface area contributed by atoms with Gasteiger partial charge in [-0.3, -0.25) is 9.59 Å². The van der Waals surface area contributed by atoms with E-state index in [1.807, 2.05) is 19.1 Å². The van der Waals surface area contributed by atoms with Crippen LogP contribution < -0.4 is 9.47 Å². The van der Waals surface area contributed by atoms with Crippen LogP contribution in [-0.4, -0.2) is 63.4 Å². The van der Waals surface area contributed by atoms with E-state index in [2.05, 4.69) is 0 Å². The van der Waals surface area contributed by atoms with Gasteiger partial charge in [-0.25, -0.2) is 0 Å². The van der Waals surface area contributed by atoms with Crippen molar-refractivity contribution in [3.63, 3.8) is 0 Å². The van der Waals surface area contributed by atoms with E-state index < -0.39 is 0 Å². The summed E-state index contributed by atoms with van der Waals surface area (Å²) in [4.78, 5) is 25.7. The van der Waals surface area contributed by atoms with Crippen LogP contribution in [0.15, 0.2) is 24.3 Å². The molecule has 26 heavy (non-hydrogen) atoms. The maximum absolute atomic E-state index is 12.5. The van der Waals surface area contributed by atoms with Crippen molar-refractivity contribution in [3.8, 4) is 11.5 Å². The summed E-state index contributed by atoms with van der Waals surface area (Å²) in [6, 6.07) is 7.14. The number of nitrogens with zero attached hydrogens (tertiary/aromatic N) is 1. The summed E-state index contributed by atoms with van der Waals surface area (Å²) in [5.74, 6) is 0.551. The highest BCUT2D eigenvalue weighted by molar-refractivity contribution is 5.78. The Hall–Kier alpha value is -2.28. The molecule has 146 valence electrons. The van der Waals surface area contributed by atoms with Crippen LogP contribution >= 0.6 is 0 Å². The molecule has 1 amide bonds. The number of esters is 1. The minimum Gasteiger partial charge on any atom is -0.493 e. The van der Waals surface area contributed by atoms with Crippen molar-refractivity contribution in [1.82, 2.24) is 4.90 Å². The number of carbonyl (C=O) groups excluding carboxylic acids is 2. The van der Waals surface area contributed by atoms with Gasteiger partial charge in [-0.05, 0) is 32.4 Å². The van der Waals surface area contributed by atoms with Gasteiger partial charge in [-0.15, -0.1) is 0 Å². The molecule has 0 saturated carbocycles. The molecule has 7 heteroatoms. The molecule has 0 fully saturated rings. The fraction of sp³-hybridized carbons (Fsp3) is 0.579. The van der Waals surface area contributed by atoms with Gasteiger partial charge in [0.2, 0.25) is 0 Å². The molecule has 0 spiro atoms. The quantitative estimate of drug-likeness (QED) is 0.393. The minimum absolute atomic E-state index is 0.127. The number of para-hydroxylation sites is 2. The van der Waals surface area contributed by atoms with E-state index in [0.717, 1.165) is 0 Å². The van der Waals surface area contributed by atoms with Crippen LogP contribution in [0.25, 0.3) is 0 Å². The van der Waals surface area contributed by atoms with Crippen LogP contribution in [0, 0.1) is 0 Å². The molecule has 0 aromatic heterocycles. The van der Waals surface area contributed by atoms with E-state index in [-0.39, 0.29) is 24.9 Å². The molecule has 0 radical (unpaired) electrons. The zero-order valence-electron chi connectivity index (χ0n) is 15.9.